The summed E-state index contributed by atoms with van der Waals surface area (Å²) < 4.78 is 27.5. The first kappa shape index (κ1) is 35.5. The van der Waals surface area contributed by atoms with E-state index < -0.39 is 29.3 Å². The third-order valence-electron chi connectivity index (χ3n) is 7.29. The first-order valence-corrected chi connectivity index (χ1v) is 13.0. The molecule has 3 rings (SSSR count). The average molecular weight is 550 g/mol. The van der Waals surface area contributed by atoms with Crippen LogP contribution < -0.4 is 29.5 Å². The van der Waals surface area contributed by atoms with Crippen LogP contribution >= 0.6 is 0 Å². The molecule has 9 heteroatoms. The largest absolute Gasteiger partial charge is 1.00 e. The van der Waals surface area contributed by atoms with E-state index in [9.17, 15) is 23.8 Å². The third-order valence-corrected chi connectivity index (χ3v) is 7.29. The molecule has 2 atom stereocenters. The van der Waals surface area contributed by atoms with Crippen molar-refractivity contribution in [3.8, 4) is 0 Å². The molecule has 1 amide bonds. The first-order valence-electron chi connectivity index (χ1n) is 13.0. The van der Waals surface area contributed by atoms with Crippen molar-refractivity contribution in [3.63, 3.8) is 0 Å². The zero-order chi connectivity index (χ0) is 27.2. The number of allylic oxidation sites excluding steroid dienone is 1. The molecule has 1 aliphatic carbocycles. The van der Waals surface area contributed by atoms with Gasteiger partial charge >= 0.3 is 18.9 Å². The molecular weight excluding hydrogens is 508 g/mol. The summed E-state index contributed by atoms with van der Waals surface area (Å²) in [5.41, 5.74) is 3.51. The molecule has 39 heavy (non-hydrogen) atoms. The predicted octanol–water partition coefficient (Wildman–Crippen LogP) is 1.38. The zero-order valence-electron chi connectivity index (χ0n) is 24.9. The van der Waals surface area contributed by atoms with Gasteiger partial charge < -0.3 is 22.3 Å². The first-order chi connectivity index (χ1) is 17.4. The molecule has 0 heterocycles. The fourth-order valence-corrected chi connectivity index (χ4v) is 5.15. The molecule has 0 saturated heterocycles. The van der Waals surface area contributed by atoms with E-state index in [4.69, 9.17) is 0 Å². The molecule has 0 aliphatic heterocycles. The number of carbonyl (C=O) groups excluding carboxylic acids is 1. The maximum atomic E-state index is 13.8. The van der Waals surface area contributed by atoms with Gasteiger partial charge in [0.1, 0.15) is 11.6 Å². The van der Waals surface area contributed by atoms with Gasteiger partial charge in [-0.25, -0.2) is 8.78 Å². The summed E-state index contributed by atoms with van der Waals surface area (Å²) >= 11 is 0. The summed E-state index contributed by atoms with van der Waals surface area (Å²) in [6, 6.07) is 11.0. The van der Waals surface area contributed by atoms with Gasteiger partial charge in [0, 0.05) is 42.4 Å². The number of aliphatic hydroxyl groups excluding tert-OH is 2. The van der Waals surface area contributed by atoms with Crippen LogP contribution in [-0.4, -0.2) is 58.8 Å². The van der Waals surface area contributed by atoms with Gasteiger partial charge in [-0.3, -0.25) is 4.79 Å². The molecule has 0 spiro atoms. The second kappa shape index (κ2) is 15.5. The van der Waals surface area contributed by atoms with Crippen molar-refractivity contribution < 1.29 is 44.1 Å². The number of rotatable bonds is 9. The van der Waals surface area contributed by atoms with Gasteiger partial charge in [-0.2, -0.15) is 0 Å². The van der Waals surface area contributed by atoms with Gasteiger partial charge in [0.25, 0.3) is 0 Å². The van der Waals surface area contributed by atoms with E-state index in [1.807, 2.05) is 6.08 Å². The van der Waals surface area contributed by atoms with Gasteiger partial charge in [0.05, 0.1) is 18.8 Å². The molecule has 2 aromatic carbocycles. The Labute approximate surface area is 255 Å². The van der Waals surface area contributed by atoms with Crippen molar-refractivity contribution in [2.24, 2.45) is 0 Å². The number of benzene rings is 2. The van der Waals surface area contributed by atoms with E-state index in [-0.39, 0.29) is 68.5 Å². The summed E-state index contributed by atoms with van der Waals surface area (Å²) in [5.74, 6) is -1.73. The van der Waals surface area contributed by atoms with Crippen LogP contribution in [0.3, 0.4) is 0 Å². The molecule has 0 unspecified atom stereocenters. The number of amides is 1. The van der Waals surface area contributed by atoms with Crippen LogP contribution in [-0.2, 0) is 22.2 Å². The minimum atomic E-state index is -0.993. The Hall–Kier alpha value is -1.48. The van der Waals surface area contributed by atoms with Gasteiger partial charge in [0.2, 0.25) is 5.91 Å². The summed E-state index contributed by atoms with van der Waals surface area (Å²) in [4.78, 5) is 11.9. The topological polar surface area (TPSA) is 81.6 Å². The monoisotopic (exact) mass is 549 g/mol. The Morgan fingerprint density at radius 1 is 1.13 bits per heavy atom. The SMILES string of the molecule is CC(=O)N[C@@H](Cc1cc(F)cc(F)c1)[C@@H](O)CNC1(c2cccc(C(C)(C)C)c2)CCC(=CCO)CC1.[Al].[H-].[Li+]. The fraction of sp³-hybridized carbons (Fsp3) is 0.500. The fourth-order valence-electron chi connectivity index (χ4n) is 5.15. The van der Waals surface area contributed by atoms with Gasteiger partial charge in [-0.15, -0.1) is 0 Å². The summed E-state index contributed by atoms with van der Waals surface area (Å²) in [5, 5.41) is 26.9. The zero-order valence-corrected chi connectivity index (χ0v) is 25.0. The van der Waals surface area contributed by atoms with E-state index in [2.05, 4.69) is 55.7 Å². The van der Waals surface area contributed by atoms with Gasteiger partial charge in [0.15, 0.2) is 0 Å². The van der Waals surface area contributed by atoms with Crippen LogP contribution in [0.25, 0.3) is 0 Å². The van der Waals surface area contributed by atoms with E-state index in [0.717, 1.165) is 37.3 Å². The molecule has 5 nitrogen and oxygen atoms in total. The van der Waals surface area contributed by atoms with Crippen molar-refractivity contribution in [3.05, 3.63) is 82.4 Å². The van der Waals surface area contributed by atoms with Gasteiger partial charge in [-0.05, 0) is 66.3 Å². The standard InChI is InChI=1S/C30H40F2N2O3.Al.Li.H/c1-20(36)34-27(16-22-14-25(31)18-26(32)15-22)28(37)19-33-30(11-8-21(9-12-30)10-13-35)24-7-5-6-23(17-24)29(2,3)4;;;/h5-7,10,14-15,17-18,27-28,33,35,37H,8-9,11-13,16,19H2,1-4H3,(H,34,36);;;/q;;+1;-1/t27-,28-,30?;;;/m0.../s1. The van der Waals surface area contributed by atoms with E-state index in [1.54, 1.807) is 0 Å². The number of halogens is 2. The molecule has 2 aromatic rings. The van der Waals surface area contributed by atoms with E-state index in [1.165, 1.54) is 30.2 Å². The van der Waals surface area contributed by atoms with Crippen LogP contribution in [0, 0.1) is 11.6 Å². The van der Waals surface area contributed by atoms with Crippen LogP contribution in [0.1, 0.15) is 71.5 Å². The molecule has 1 aliphatic rings. The summed E-state index contributed by atoms with van der Waals surface area (Å²) in [6.07, 6.45) is 4.19. The van der Waals surface area contributed by atoms with Crippen molar-refractivity contribution in [1.82, 2.24) is 10.6 Å². The van der Waals surface area contributed by atoms with Crippen molar-refractivity contribution in [1.29, 1.82) is 0 Å². The second-order valence-electron chi connectivity index (χ2n) is 11.2. The number of aliphatic hydroxyl groups is 2. The van der Waals surface area contributed by atoms with Crippen molar-refractivity contribution in [2.75, 3.05) is 13.2 Å². The molecule has 0 bridgehead atoms. The van der Waals surface area contributed by atoms with Crippen LogP contribution in [0.15, 0.2) is 54.1 Å². The maximum Gasteiger partial charge on any atom is 1.00 e. The number of hydrogen-bond acceptors (Lipinski definition) is 4. The molecule has 1 fully saturated rings. The summed E-state index contributed by atoms with van der Waals surface area (Å²) in [6.45, 7) is 8.08. The Morgan fingerprint density at radius 3 is 2.28 bits per heavy atom. The molecule has 4 N–H and O–H groups in total. The molecule has 0 aromatic heterocycles. The Bertz CT molecular complexity index is 1100. The Morgan fingerprint density at radius 2 is 1.74 bits per heavy atom. The van der Waals surface area contributed by atoms with Crippen LogP contribution in [0.4, 0.5) is 8.78 Å². The van der Waals surface area contributed by atoms with Crippen LogP contribution in [0.5, 0.6) is 0 Å². The second-order valence-corrected chi connectivity index (χ2v) is 11.2. The third kappa shape index (κ3) is 10.1. The average Bonchev–Trinajstić information content (AvgIpc) is 2.82. The Kier molecular flexibility index (Phi) is 14.1. The van der Waals surface area contributed by atoms with E-state index in [0.29, 0.717) is 5.56 Å². The van der Waals surface area contributed by atoms with Crippen LogP contribution in [0.2, 0.25) is 0 Å². The van der Waals surface area contributed by atoms with Crippen molar-refractivity contribution >= 4 is 23.3 Å². The minimum absolute atomic E-state index is 0. The molecule has 1 saturated carbocycles. The molecular formula is C30H41AlF2LiN2O3. The number of nitrogens with one attached hydrogen (secondary N) is 2. The quantitative estimate of drug-likeness (QED) is 0.282. The number of hydrogen-bond donors (Lipinski definition) is 4. The Balaban J connectivity index is 0.00000507. The van der Waals surface area contributed by atoms with Gasteiger partial charge in [-0.1, -0.05) is 56.7 Å². The smallest absolute Gasteiger partial charge is 1.00 e. The maximum absolute atomic E-state index is 13.8. The molecule has 3 radical (unpaired) electrons. The summed E-state index contributed by atoms with van der Waals surface area (Å²) in [7, 11) is 0. The molecule has 207 valence electrons. The predicted molar refractivity (Wildman–Crippen MR) is 149 cm³/mol. The van der Waals surface area contributed by atoms with Crippen molar-refractivity contribution in [2.45, 2.75) is 82.9 Å². The number of carbonyl (C=O) groups is 1. The minimum Gasteiger partial charge on any atom is -1.00 e. The normalized spacial score (nSPS) is 18.8. The van der Waals surface area contributed by atoms with E-state index >= 15 is 0 Å².